The first-order valence-electron chi connectivity index (χ1n) is 5.08. The highest BCUT2D eigenvalue weighted by Gasteiger charge is 2.06. The van der Waals surface area contributed by atoms with Gasteiger partial charge in [-0.3, -0.25) is 4.98 Å². The summed E-state index contributed by atoms with van der Waals surface area (Å²) in [6.45, 7) is 0.623. The number of pyridine rings is 1. The van der Waals surface area contributed by atoms with Gasteiger partial charge in [0, 0.05) is 36.9 Å². The van der Waals surface area contributed by atoms with Gasteiger partial charge >= 0.3 is 0 Å². The number of halogens is 1. The number of fused-ring (bicyclic) bond motifs is 1. The van der Waals surface area contributed by atoms with Crippen molar-refractivity contribution in [2.45, 2.75) is 0 Å². The predicted molar refractivity (Wildman–Crippen MR) is 62.1 cm³/mol. The van der Waals surface area contributed by atoms with Crippen LogP contribution >= 0.6 is 0 Å². The van der Waals surface area contributed by atoms with Crippen molar-refractivity contribution >= 4 is 16.6 Å². The molecule has 0 saturated heterocycles. The van der Waals surface area contributed by atoms with Gasteiger partial charge < -0.3 is 10.0 Å². The molecule has 0 aliphatic carbocycles. The highest BCUT2D eigenvalue weighted by Crippen LogP contribution is 2.24. The molecule has 0 radical (unpaired) electrons. The lowest BCUT2D eigenvalue weighted by Crippen LogP contribution is -2.21. The van der Waals surface area contributed by atoms with Crippen LogP contribution in [-0.4, -0.2) is 30.3 Å². The standard InChI is InChI=1S/C12H13FN2O/c1-15(6-7-16)12-4-5-14-11-8-9(13)2-3-10(11)12/h2-5,8,16H,6-7H2,1H3. The summed E-state index contributed by atoms with van der Waals surface area (Å²) >= 11 is 0. The van der Waals surface area contributed by atoms with Gasteiger partial charge in [-0.25, -0.2) is 4.39 Å². The lowest BCUT2D eigenvalue weighted by Gasteiger charge is -2.19. The van der Waals surface area contributed by atoms with Crippen LogP contribution in [0.5, 0.6) is 0 Å². The number of nitrogens with zero attached hydrogens (tertiary/aromatic N) is 2. The molecular formula is C12H13FN2O. The molecular weight excluding hydrogens is 207 g/mol. The molecule has 0 amide bonds. The molecule has 1 aromatic heterocycles. The third-order valence-corrected chi connectivity index (χ3v) is 2.53. The number of hydrogen-bond donors (Lipinski definition) is 1. The monoisotopic (exact) mass is 220 g/mol. The number of benzene rings is 1. The minimum Gasteiger partial charge on any atom is -0.395 e. The Morgan fingerprint density at radius 2 is 2.19 bits per heavy atom. The third-order valence-electron chi connectivity index (χ3n) is 2.53. The molecule has 0 unspecified atom stereocenters. The van der Waals surface area contributed by atoms with Gasteiger partial charge in [0.05, 0.1) is 12.1 Å². The molecule has 2 rings (SSSR count). The molecule has 0 saturated carbocycles. The zero-order valence-electron chi connectivity index (χ0n) is 9.02. The summed E-state index contributed by atoms with van der Waals surface area (Å²) in [5, 5.41) is 9.79. The molecule has 0 atom stereocenters. The van der Waals surface area contributed by atoms with E-state index in [2.05, 4.69) is 4.98 Å². The molecule has 3 nitrogen and oxygen atoms in total. The number of aliphatic hydroxyl groups is 1. The van der Waals surface area contributed by atoms with E-state index in [4.69, 9.17) is 5.11 Å². The summed E-state index contributed by atoms with van der Waals surface area (Å²) in [6, 6.07) is 6.39. The lowest BCUT2D eigenvalue weighted by molar-refractivity contribution is 0.304. The third kappa shape index (κ3) is 1.97. The van der Waals surface area contributed by atoms with Crippen molar-refractivity contribution in [3.05, 3.63) is 36.3 Å². The first kappa shape index (κ1) is 10.8. The second-order valence-corrected chi connectivity index (χ2v) is 3.64. The van der Waals surface area contributed by atoms with Crippen LogP contribution in [0.4, 0.5) is 10.1 Å². The molecule has 0 aliphatic heterocycles. The molecule has 4 heteroatoms. The Kier molecular flexibility index (Phi) is 3.01. The number of aliphatic hydroxyl groups excluding tert-OH is 1. The molecule has 1 aromatic carbocycles. The maximum Gasteiger partial charge on any atom is 0.125 e. The Balaban J connectivity index is 2.53. The van der Waals surface area contributed by atoms with Gasteiger partial charge in [0.1, 0.15) is 5.82 Å². The summed E-state index contributed by atoms with van der Waals surface area (Å²) in [4.78, 5) is 6.03. The Hall–Kier alpha value is -1.68. The van der Waals surface area contributed by atoms with E-state index >= 15 is 0 Å². The Morgan fingerprint density at radius 1 is 1.38 bits per heavy atom. The van der Waals surface area contributed by atoms with Crippen LogP contribution in [0.15, 0.2) is 30.5 Å². The van der Waals surface area contributed by atoms with Gasteiger partial charge in [0.25, 0.3) is 0 Å². The second-order valence-electron chi connectivity index (χ2n) is 3.64. The van der Waals surface area contributed by atoms with E-state index in [-0.39, 0.29) is 12.4 Å². The first-order valence-corrected chi connectivity index (χ1v) is 5.08. The topological polar surface area (TPSA) is 36.4 Å². The number of hydrogen-bond acceptors (Lipinski definition) is 3. The molecule has 0 aliphatic rings. The molecule has 84 valence electrons. The normalized spacial score (nSPS) is 10.7. The largest absolute Gasteiger partial charge is 0.395 e. The van der Waals surface area contributed by atoms with Crippen LogP contribution in [-0.2, 0) is 0 Å². The zero-order valence-corrected chi connectivity index (χ0v) is 9.02. The van der Waals surface area contributed by atoms with Crippen molar-refractivity contribution in [3.8, 4) is 0 Å². The van der Waals surface area contributed by atoms with E-state index < -0.39 is 0 Å². The van der Waals surface area contributed by atoms with Crippen LogP contribution in [0, 0.1) is 5.82 Å². The summed E-state index contributed by atoms with van der Waals surface area (Å²) < 4.78 is 13.0. The number of anilines is 1. The maximum absolute atomic E-state index is 13.0. The van der Waals surface area contributed by atoms with E-state index in [0.29, 0.717) is 12.1 Å². The van der Waals surface area contributed by atoms with Crippen molar-refractivity contribution in [2.75, 3.05) is 25.1 Å². The highest BCUT2D eigenvalue weighted by molar-refractivity contribution is 5.91. The number of likely N-dealkylation sites (N-methyl/N-ethyl adjacent to an activating group) is 1. The van der Waals surface area contributed by atoms with Gasteiger partial charge in [0.15, 0.2) is 0 Å². The SMILES string of the molecule is CN(CCO)c1ccnc2cc(F)ccc12. The molecule has 0 bridgehead atoms. The lowest BCUT2D eigenvalue weighted by atomic mass is 10.1. The first-order chi connectivity index (χ1) is 7.72. The Morgan fingerprint density at radius 3 is 2.94 bits per heavy atom. The van der Waals surface area contributed by atoms with Crippen LogP contribution in [0.3, 0.4) is 0 Å². The van der Waals surface area contributed by atoms with Gasteiger partial charge in [0.2, 0.25) is 0 Å². The van der Waals surface area contributed by atoms with Crippen LogP contribution < -0.4 is 4.90 Å². The Labute approximate surface area is 93.1 Å². The van der Waals surface area contributed by atoms with Crippen molar-refractivity contribution < 1.29 is 9.50 Å². The summed E-state index contributed by atoms with van der Waals surface area (Å²) in [5.41, 5.74) is 1.57. The van der Waals surface area contributed by atoms with Crippen molar-refractivity contribution in [3.63, 3.8) is 0 Å². The minimum absolute atomic E-state index is 0.0848. The van der Waals surface area contributed by atoms with E-state index in [1.54, 1.807) is 12.3 Å². The minimum atomic E-state index is -0.290. The molecule has 16 heavy (non-hydrogen) atoms. The highest BCUT2D eigenvalue weighted by atomic mass is 19.1. The predicted octanol–water partition coefficient (Wildman–Crippen LogP) is 1.80. The maximum atomic E-state index is 13.0. The van der Waals surface area contributed by atoms with Gasteiger partial charge in [-0.2, -0.15) is 0 Å². The fourth-order valence-electron chi connectivity index (χ4n) is 1.71. The van der Waals surface area contributed by atoms with E-state index in [9.17, 15) is 4.39 Å². The molecule has 2 aromatic rings. The zero-order chi connectivity index (χ0) is 11.5. The van der Waals surface area contributed by atoms with Crippen molar-refractivity contribution in [1.82, 2.24) is 4.98 Å². The van der Waals surface area contributed by atoms with E-state index in [1.807, 2.05) is 18.0 Å². The molecule has 0 fully saturated rings. The fourth-order valence-corrected chi connectivity index (χ4v) is 1.71. The number of aromatic nitrogens is 1. The smallest absolute Gasteiger partial charge is 0.125 e. The number of rotatable bonds is 3. The van der Waals surface area contributed by atoms with Crippen LogP contribution in [0.2, 0.25) is 0 Å². The van der Waals surface area contributed by atoms with E-state index in [0.717, 1.165) is 11.1 Å². The van der Waals surface area contributed by atoms with Crippen LogP contribution in [0.25, 0.3) is 10.9 Å². The molecule has 0 spiro atoms. The van der Waals surface area contributed by atoms with Gasteiger partial charge in [-0.15, -0.1) is 0 Å². The summed E-state index contributed by atoms with van der Waals surface area (Å²) in [6.07, 6.45) is 1.64. The van der Waals surface area contributed by atoms with Crippen molar-refractivity contribution in [2.24, 2.45) is 0 Å². The summed E-state index contributed by atoms with van der Waals surface area (Å²) in [7, 11) is 1.88. The van der Waals surface area contributed by atoms with E-state index in [1.165, 1.54) is 12.1 Å². The van der Waals surface area contributed by atoms with Crippen LogP contribution in [0.1, 0.15) is 0 Å². The quantitative estimate of drug-likeness (QED) is 0.856. The Bertz CT molecular complexity index is 501. The fraction of sp³-hybridized carbons (Fsp3) is 0.250. The average Bonchev–Trinajstić information content (AvgIpc) is 2.28. The van der Waals surface area contributed by atoms with Crippen molar-refractivity contribution in [1.29, 1.82) is 0 Å². The second kappa shape index (κ2) is 4.45. The van der Waals surface area contributed by atoms with Gasteiger partial charge in [-0.05, 0) is 18.2 Å². The van der Waals surface area contributed by atoms with Gasteiger partial charge in [-0.1, -0.05) is 0 Å². The average molecular weight is 220 g/mol. The molecule has 1 heterocycles. The molecule has 1 N–H and O–H groups in total. The summed E-state index contributed by atoms with van der Waals surface area (Å²) in [5.74, 6) is -0.290.